The fourth-order valence-electron chi connectivity index (χ4n) is 4.03. The van der Waals surface area contributed by atoms with Crippen molar-refractivity contribution < 1.29 is 9.53 Å². The van der Waals surface area contributed by atoms with Gasteiger partial charge in [0.2, 0.25) is 5.91 Å². The molecule has 6 heteroatoms. The molecule has 0 aliphatic rings. The highest BCUT2D eigenvalue weighted by atomic mass is 28.3. The van der Waals surface area contributed by atoms with Gasteiger partial charge >= 0.3 is 0 Å². The summed E-state index contributed by atoms with van der Waals surface area (Å²) in [6.45, 7) is 14.0. The van der Waals surface area contributed by atoms with Crippen molar-refractivity contribution in [1.29, 1.82) is 0 Å². The Hall–Kier alpha value is -3.74. The summed E-state index contributed by atoms with van der Waals surface area (Å²) in [6.07, 6.45) is 4.14. The Labute approximate surface area is 220 Å². The number of carbonyl (C=O) groups is 1. The highest BCUT2D eigenvalue weighted by Crippen LogP contribution is 2.29. The molecule has 4 rings (SSSR count). The quantitative estimate of drug-likeness (QED) is 0.177. The molecular formula is C31H35N3O2Si. The summed E-state index contributed by atoms with van der Waals surface area (Å²) < 4.78 is 8.01. The lowest BCUT2D eigenvalue weighted by Gasteiger charge is -2.15. The van der Waals surface area contributed by atoms with E-state index in [0.29, 0.717) is 6.73 Å². The van der Waals surface area contributed by atoms with Gasteiger partial charge in [0, 0.05) is 32.7 Å². The molecule has 0 atom stereocenters. The van der Waals surface area contributed by atoms with E-state index >= 15 is 0 Å². The zero-order chi connectivity index (χ0) is 26.4. The van der Waals surface area contributed by atoms with Gasteiger partial charge in [-0.1, -0.05) is 80.8 Å². The number of benzene rings is 3. The van der Waals surface area contributed by atoms with E-state index in [1.807, 2.05) is 47.1 Å². The molecule has 1 amide bonds. The summed E-state index contributed by atoms with van der Waals surface area (Å²) in [5.74, 6) is -0.0988. The van der Waals surface area contributed by atoms with Gasteiger partial charge in [-0.05, 0) is 58.6 Å². The van der Waals surface area contributed by atoms with Crippen LogP contribution in [0.25, 0.3) is 28.6 Å². The van der Waals surface area contributed by atoms with E-state index in [9.17, 15) is 4.79 Å². The minimum atomic E-state index is -1.17. The molecule has 37 heavy (non-hydrogen) atoms. The monoisotopic (exact) mass is 509 g/mol. The number of fused-ring (bicyclic) bond motifs is 1. The van der Waals surface area contributed by atoms with Crippen molar-refractivity contribution in [3.05, 3.63) is 102 Å². The maximum absolute atomic E-state index is 11.5. The predicted octanol–water partition coefficient (Wildman–Crippen LogP) is 7.54. The third-order valence-electron chi connectivity index (χ3n) is 6.10. The molecule has 0 radical (unpaired) electrons. The third kappa shape index (κ3) is 7.15. The molecule has 0 fully saturated rings. The molecule has 1 heterocycles. The van der Waals surface area contributed by atoms with E-state index in [1.54, 1.807) is 0 Å². The number of aromatic nitrogens is 2. The molecule has 1 aromatic heterocycles. The summed E-state index contributed by atoms with van der Waals surface area (Å²) in [5, 5.41) is 8.80. The van der Waals surface area contributed by atoms with Crippen LogP contribution in [0.1, 0.15) is 29.3 Å². The minimum Gasteiger partial charge on any atom is -0.360 e. The first-order chi connectivity index (χ1) is 17.7. The number of hydrogen-bond donors (Lipinski definition) is 1. The van der Waals surface area contributed by atoms with Crippen LogP contribution >= 0.6 is 0 Å². The minimum absolute atomic E-state index is 0.0988. The Kier molecular flexibility index (Phi) is 8.21. The second-order valence-electron chi connectivity index (χ2n) is 10.4. The summed E-state index contributed by atoms with van der Waals surface area (Å²) in [7, 11) is -1.17. The van der Waals surface area contributed by atoms with E-state index in [2.05, 4.69) is 74.0 Å². The number of nitrogens with zero attached hydrogens (tertiary/aromatic N) is 2. The Morgan fingerprint density at radius 1 is 1.00 bits per heavy atom. The number of rotatable bonds is 10. The van der Waals surface area contributed by atoms with Gasteiger partial charge in [0.1, 0.15) is 6.73 Å². The summed E-state index contributed by atoms with van der Waals surface area (Å²) >= 11 is 0. The zero-order valence-corrected chi connectivity index (χ0v) is 23.1. The lowest BCUT2D eigenvalue weighted by molar-refractivity contribution is -0.114. The summed E-state index contributed by atoms with van der Waals surface area (Å²) in [6, 6.07) is 25.4. The van der Waals surface area contributed by atoms with Crippen LogP contribution < -0.4 is 5.32 Å². The van der Waals surface area contributed by atoms with Crippen molar-refractivity contribution in [3.8, 4) is 0 Å². The van der Waals surface area contributed by atoms with Gasteiger partial charge in [-0.15, -0.1) is 0 Å². The van der Waals surface area contributed by atoms with E-state index in [4.69, 9.17) is 9.84 Å². The van der Waals surface area contributed by atoms with Crippen LogP contribution in [0.3, 0.4) is 0 Å². The third-order valence-corrected chi connectivity index (χ3v) is 7.81. The van der Waals surface area contributed by atoms with E-state index in [0.717, 1.165) is 57.2 Å². The lowest BCUT2D eigenvalue weighted by Crippen LogP contribution is -2.22. The molecule has 4 aromatic rings. The maximum atomic E-state index is 11.5. The smallest absolute Gasteiger partial charge is 0.221 e. The average molecular weight is 510 g/mol. The van der Waals surface area contributed by atoms with Crippen LogP contribution in [0.4, 0.5) is 5.69 Å². The summed E-state index contributed by atoms with van der Waals surface area (Å²) in [5.41, 5.74) is 6.60. The van der Waals surface area contributed by atoms with Gasteiger partial charge in [0.15, 0.2) is 0 Å². The Bertz CT molecular complexity index is 1430. The van der Waals surface area contributed by atoms with E-state index in [-0.39, 0.29) is 5.91 Å². The topological polar surface area (TPSA) is 56.2 Å². The molecule has 0 aliphatic carbocycles. The highest BCUT2D eigenvalue weighted by Gasteiger charge is 2.14. The van der Waals surface area contributed by atoms with Crippen LogP contribution in [0, 0.1) is 0 Å². The predicted molar refractivity (Wildman–Crippen MR) is 158 cm³/mol. The van der Waals surface area contributed by atoms with Gasteiger partial charge in [-0.25, -0.2) is 4.68 Å². The van der Waals surface area contributed by atoms with Gasteiger partial charge in [0.05, 0.1) is 11.2 Å². The van der Waals surface area contributed by atoms with E-state index in [1.165, 1.54) is 6.92 Å². The molecular weight excluding hydrogens is 474 g/mol. The van der Waals surface area contributed by atoms with Crippen molar-refractivity contribution in [2.75, 3.05) is 11.9 Å². The number of nitrogens with one attached hydrogen (secondary N) is 1. The molecule has 0 spiro atoms. The average Bonchev–Trinajstić information content (AvgIpc) is 3.21. The second kappa shape index (κ2) is 11.5. The molecule has 0 unspecified atom stereocenters. The fourth-order valence-corrected chi connectivity index (χ4v) is 4.79. The zero-order valence-electron chi connectivity index (χ0n) is 22.1. The van der Waals surface area contributed by atoms with Crippen LogP contribution in [-0.2, 0) is 16.3 Å². The lowest BCUT2D eigenvalue weighted by atomic mass is 9.98. The molecule has 0 saturated carbocycles. The van der Waals surface area contributed by atoms with Crippen LogP contribution in [0.2, 0.25) is 25.7 Å². The van der Waals surface area contributed by atoms with Gasteiger partial charge in [-0.2, -0.15) is 5.10 Å². The standard InChI is InChI=1S/C31H35N3O2Si/c1-23(26-12-9-13-28(20-26)32-24(2)35)27-15-16-29-30(17-14-25-10-7-6-8-11-25)33-34(31(29)21-27)22-36-18-19-37(3,4)5/h6-17,20-21H,1,18-19,22H2,2-5H3,(H,32,35)/b17-14+. The van der Waals surface area contributed by atoms with Crippen LogP contribution in [-0.4, -0.2) is 30.4 Å². The first-order valence-electron chi connectivity index (χ1n) is 12.6. The van der Waals surface area contributed by atoms with Gasteiger partial charge < -0.3 is 10.1 Å². The molecule has 5 nitrogen and oxygen atoms in total. The number of carbonyl (C=O) groups excluding carboxylic acids is 1. The van der Waals surface area contributed by atoms with Crippen molar-refractivity contribution in [2.24, 2.45) is 0 Å². The normalized spacial score (nSPS) is 11.8. The molecule has 0 saturated heterocycles. The molecule has 3 aromatic carbocycles. The van der Waals surface area contributed by atoms with Crippen molar-refractivity contribution in [1.82, 2.24) is 9.78 Å². The van der Waals surface area contributed by atoms with Crippen molar-refractivity contribution in [2.45, 2.75) is 39.3 Å². The highest BCUT2D eigenvalue weighted by molar-refractivity contribution is 6.76. The number of amides is 1. The molecule has 1 N–H and O–H groups in total. The molecule has 0 bridgehead atoms. The first kappa shape index (κ1) is 26.3. The van der Waals surface area contributed by atoms with Gasteiger partial charge in [0.25, 0.3) is 0 Å². The maximum Gasteiger partial charge on any atom is 0.221 e. The van der Waals surface area contributed by atoms with Crippen molar-refractivity contribution in [3.63, 3.8) is 0 Å². The molecule has 0 aliphatic heterocycles. The van der Waals surface area contributed by atoms with E-state index < -0.39 is 8.07 Å². The summed E-state index contributed by atoms with van der Waals surface area (Å²) in [4.78, 5) is 11.5. The fraction of sp³-hybridized carbons (Fsp3) is 0.226. The van der Waals surface area contributed by atoms with Crippen molar-refractivity contribution >= 4 is 48.3 Å². The largest absolute Gasteiger partial charge is 0.360 e. The Morgan fingerprint density at radius 3 is 2.49 bits per heavy atom. The number of hydrogen-bond acceptors (Lipinski definition) is 3. The molecule has 190 valence electrons. The van der Waals surface area contributed by atoms with Crippen LogP contribution in [0.5, 0.6) is 0 Å². The van der Waals surface area contributed by atoms with Crippen LogP contribution in [0.15, 0.2) is 79.4 Å². The number of anilines is 1. The Morgan fingerprint density at radius 2 is 1.76 bits per heavy atom. The van der Waals surface area contributed by atoms with Gasteiger partial charge in [-0.3, -0.25) is 4.79 Å². The Balaban J connectivity index is 1.66. The SMILES string of the molecule is C=C(c1cccc(NC(C)=O)c1)c1ccc2c(/C=C/c3ccccc3)nn(COCC[Si](C)(C)C)c2c1. The first-order valence-corrected chi connectivity index (χ1v) is 16.3. The second-order valence-corrected chi connectivity index (χ2v) is 16.1. The number of ether oxygens (including phenoxy) is 1.